The van der Waals surface area contributed by atoms with Gasteiger partial charge in [-0.05, 0) is 0 Å². The summed E-state index contributed by atoms with van der Waals surface area (Å²) in [6.07, 6.45) is 1.24. The van der Waals surface area contributed by atoms with Crippen molar-refractivity contribution in [3.05, 3.63) is 0 Å². The van der Waals surface area contributed by atoms with Crippen molar-refractivity contribution in [3.8, 4) is 0 Å². The summed E-state index contributed by atoms with van der Waals surface area (Å²) in [5, 5.41) is 3.30. The molecule has 1 aliphatic rings. The van der Waals surface area contributed by atoms with E-state index >= 15 is 0 Å². The molecule has 4 nitrogen and oxygen atoms in total. The zero-order valence-electron chi connectivity index (χ0n) is 7.99. The molecule has 1 unspecified atom stereocenters. The van der Waals surface area contributed by atoms with E-state index in [1.165, 1.54) is 10.6 Å². The Morgan fingerprint density at radius 1 is 1.62 bits per heavy atom. The van der Waals surface area contributed by atoms with E-state index in [4.69, 9.17) is 0 Å². The van der Waals surface area contributed by atoms with Crippen molar-refractivity contribution in [2.75, 3.05) is 37.9 Å². The lowest BCUT2D eigenvalue weighted by Gasteiger charge is -2.26. The highest BCUT2D eigenvalue weighted by Gasteiger charge is 2.19. The average Bonchev–Trinajstić information content (AvgIpc) is 2.04. The first kappa shape index (κ1) is 11.3. The summed E-state index contributed by atoms with van der Waals surface area (Å²) in [5.74, 6) is 2.12. The van der Waals surface area contributed by atoms with Crippen molar-refractivity contribution in [3.63, 3.8) is 0 Å². The zero-order valence-corrected chi connectivity index (χ0v) is 9.62. The summed E-state index contributed by atoms with van der Waals surface area (Å²) < 4.78 is 23.6. The monoisotopic (exact) mass is 224 g/mol. The van der Waals surface area contributed by atoms with E-state index in [0.717, 1.165) is 18.1 Å². The van der Waals surface area contributed by atoms with Gasteiger partial charge < -0.3 is 5.32 Å². The Kier molecular flexibility index (Phi) is 4.03. The van der Waals surface area contributed by atoms with Gasteiger partial charge in [-0.15, -0.1) is 0 Å². The van der Waals surface area contributed by atoms with Gasteiger partial charge in [-0.1, -0.05) is 0 Å². The summed E-state index contributed by atoms with van der Waals surface area (Å²) >= 11 is 1.87. The van der Waals surface area contributed by atoms with Crippen LogP contribution in [0.1, 0.15) is 0 Å². The normalized spacial score (nSPS) is 25.0. The van der Waals surface area contributed by atoms with Gasteiger partial charge in [-0.2, -0.15) is 11.8 Å². The molecule has 0 aromatic carbocycles. The maximum Gasteiger partial charge on any atom is 0.211 e. The summed E-state index contributed by atoms with van der Waals surface area (Å²) in [5.41, 5.74) is 0. The number of hydrogen-bond acceptors (Lipinski definition) is 4. The highest BCUT2D eigenvalue weighted by Crippen LogP contribution is 2.09. The minimum Gasteiger partial charge on any atom is -0.311 e. The second kappa shape index (κ2) is 4.63. The predicted octanol–water partition coefficient (Wildman–Crippen LogP) is -0.417. The van der Waals surface area contributed by atoms with Crippen molar-refractivity contribution in [1.82, 2.24) is 9.62 Å². The third-order valence-electron chi connectivity index (χ3n) is 2.04. The van der Waals surface area contributed by atoms with E-state index < -0.39 is 10.0 Å². The van der Waals surface area contributed by atoms with E-state index in [0.29, 0.717) is 12.6 Å². The molecule has 0 radical (unpaired) electrons. The van der Waals surface area contributed by atoms with Crippen LogP contribution in [0, 0.1) is 0 Å². The first-order valence-corrected chi connectivity index (χ1v) is 7.23. The number of rotatable bonds is 3. The van der Waals surface area contributed by atoms with Crippen LogP contribution in [-0.4, -0.2) is 56.7 Å². The first-order chi connectivity index (χ1) is 6.00. The molecular weight excluding hydrogens is 208 g/mol. The molecule has 1 aliphatic heterocycles. The van der Waals surface area contributed by atoms with Gasteiger partial charge in [0.05, 0.1) is 6.26 Å². The van der Waals surface area contributed by atoms with Gasteiger partial charge in [0.15, 0.2) is 0 Å². The molecule has 0 aliphatic carbocycles. The van der Waals surface area contributed by atoms with Crippen LogP contribution in [0.2, 0.25) is 0 Å². The molecule has 1 saturated heterocycles. The molecule has 0 aromatic rings. The largest absolute Gasteiger partial charge is 0.311 e. The van der Waals surface area contributed by atoms with E-state index in [1.807, 2.05) is 11.8 Å². The second-order valence-corrected chi connectivity index (χ2v) is 6.51. The number of nitrogens with zero attached hydrogens (tertiary/aromatic N) is 1. The first-order valence-electron chi connectivity index (χ1n) is 4.22. The Hall–Kier alpha value is 0.220. The number of nitrogens with one attached hydrogen (secondary N) is 1. The topological polar surface area (TPSA) is 49.4 Å². The van der Waals surface area contributed by atoms with Crippen LogP contribution in [0.25, 0.3) is 0 Å². The summed E-state index contributed by atoms with van der Waals surface area (Å²) in [6, 6.07) is 0.304. The van der Waals surface area contributed by atoms with Crippen LogP contribution in [0.5, 0.6) is 0 Å². The van der Waals surface area contributed by atoms with E-state index in [-0.39, 0.29) is 0 Å². The molecule has 1 heterocycles. The predicted molar refractivity (Wildman–Crippen MR) is 56.6 cm³/mol. The molecule has 0 spiro atoms. The van der Waals surface area contributed by atoms with Crippen LogP contribution >= 0.6 is 11.8 Å². The molecule has 1 fully saturated rings. The Balaban J connectivity index is 2.39. The summed E-state index contributed by atoms with van der Waals surface area (Å²) in [7, 11) is -1.40. The third kappa shape index (κ3) is 3.84. The van der Waals surface area contributed by atoms with Gasteiger partial charge in [0, 0.05) is 37.7 Å². The van der Waals surface area contributed by atoms with Crippen molar-refractivity contribution < 1.29 is 8.42 Å². The lowest BCUT2D eigenvalue weighted by molar-refractivity contribution is 0.414. The van der Waals surface area contributed by atoms with Gasteiger partial charge in [0.25, 0.3) is 0 Å². The standard InChI is InChI=1S/C7H16N2O2S2/c1-9(13(2,10)11)5-7-6-12-4-3-8-7/h7-8H,3-6H2,1-2H3. The highest BCUT2D eigenvalue weighted by molar-refractivity contribution is 7.99. The van der Waals surface area contributed by atoms with Gasteiger partial charge in [0.1, 0.15) is 0 Å². The fourth-order valence-electron chi connectivity index (χ4n) is 1.18. The van der Waals surface area contributed by atoms with E-state index in [1.54, 1.807) is 7.05 Å². The van der Waals surface area contributed by atoms with Crippen molar-refractivity contribution in [2.45, 2.75) is 6.04 Å². The zero-order chi connectivity index (χ0) is 9.90. The number of hydrogen-bond donors (Lipinski definition) is 1. The smallest absolute Gasteiger partial charge is 0.211 e. The SMILES string of the molecule is CN(CC1CSCCN1)S(C)(=O)=O. The maximum absolute atomic E-state index is 11.1. The Bertz CT molecular complexity index is 247. The molecule has 0 aromatic heterocycles. The van der Waals surface area contributed by atoms with Crippen LogP contribution in [-0.2, 0) is 10.0 Å². The molecule has 0 bridgehead atoms. The number of sulfonamides is 1. The average molecular weight is 224 g/mol. The quantitative estimate of drug-likeness (QED) is 0.707. The van der Waals surface area contributed by atoms with Crippen LogP contribution < -0.4 is 5.32 Å². The minimum absolute atomic E-state index is 0.304. The van der Waals surface area contributed by atoms with Gasteiger partial charge in [-0.25, -0.2) is 12.7 Å². The van der Waals surface area contributed by atoms with Gasteiger partial charge >= 0.3 is 0 Å². The minimum atomic E-state index is -3.02. The Labute approximate surface area is 84.1 Å². The van der Waals surface area contributed by atoms with Crippen LogP contribution in [0.15, 0.2) is 0 Å². The van der Waals surface area contributed by atoms with Gasteiger partial charge in [0.2, 0.25) is 10.0 Å². The van der Waals surface area contributed by atoms with Crippen molar-refractivity contribution in [1.29, 1.82) is 0 Å². The Morgan fingerprint density at radius 2 is 2.31 bits per heavy atom. The lowest BCUT2D eigenvalue weighted by Crippen LogP contribution is -2.46. The molecule has 78 valence electrons. The molecule has 0 saturated carbocycles. The van der Waals surface area contributed by atoms with Crippen LogP contribution in [0.3, 0.4) is 0 Å². The molecule has 1 N–H and O–H groups in total. The fraction of sp³-hybridized carbons (Fsp3) is 1.00. The lowest BCUT2D eigenvalue weighted by atomic mass is 10.3. The molecule has 13 heavy (non-hydrogen) atoms. The number of thioether (sulfide) groups is 1. The second-order valence-electron chi connectivity index (χ2n) is 3.27. The Morgan fingerprint density at radius 3 is 2.77 bits per heavy atom. The molecule has 0 amide bonds. The number of likely N-dealkylation sites (N-methyl/N-ethyl adjacent to an activating group) is 1. The highest BCUT2D eigenvalue weighted by atomic mass is 32.2. The fourth-order valence-corrected chi connectivity index (χ4v) is 2.57. The molecule has 1 atom stereocenters. The third-order valence-corrected chi connectivity index (χ3v) is 4.45. The summed E-state index contributed by atoms with van der Waals surface area (Å²) in [4.78, 5) is 0. The molecular formula is C7H16N2O2S2. The maximum atomic E-state index is 11.1. The van der Waals surface area contributed by atoms with Crippen molar-refractivity contribution in [2.24, 2.45) is 0 Å². The van der Waals surface area contributed by atoms with Crippen molar-refractivity contribution >= 4 is 21.8 Å². The molecule has 6 heteroatoms. The van der Waals surface area contributed by atoms with E-state index in [9.17, 15) is 8.42 Å². The summed E-state index contributed by atoms with van der Waals surface area (Å²) in [6.45, 7) is 1.55. The molecule has 1 rings (SSSR count). The van der Waals surface area contributed by atoms with Gasteiger partial charge in [-0.3, -0.25) is 0 Å². The van der Waals surface area contributed by atoms with Crippen LogP contribution in [0.4, 0.5) is 0 Å². The van der Waals surface area contributed by atoms with E-state index in [2.05, 4.69) is 5.32 Å².